The second-order valence-corrected chi connectivity index (χ2v) is 8.39. The van der Waals surface area contributed by atoms with Crippen molar-refractivity contribution in [3.8, 4) is 0 Å². The van der Waals surface area contributed by atoms with E-state index in [-0.39, 0.29) is 17.2 Å². The van der Waals surface area contributed by atoms with Crippen molar-refractivity contribution in [3.05, 3.63) is 33.8 Å². The number of carboxylic acid groups (broad SMARTS) is 1. The molecule has 1 fully saturated rings. The molecule has 26 heavy (non-hydrogen) atoms. The number of hydrogen-bond acceptors (Lipinski definition) is 4. The molecule has 1 aromatic carbocycles. The molecule has 142 valence electrons. The molecule has 8 heteroatoms. The van der Waals surface area contributed by atoms with E-state index < -0.39 is 29.9 Å². The summed E-state index contributed by atoms with van der Waals surface area (Å²) in [4.78, 5) is 35.8. The summed E-state index contributed by atoms with van der Waals surface area (Å²) < 4.78 is 5.85. The molecule has 1 N–H and O–H groups in total. The maximum atomic E-state index is 12.5. The summed E-state index contributed by atoms with van der Waals surface area (Å²) >= 11 is 11.8. The first-order valence-corrected chi connectivity index (χ1v) is 8.95. The number of hydrogen-bond donors (Lipinski definition) is 1. The lowest BCUT2D eigenvalue weighted by Gasteiger charge is -2.28. The SMILES string of the molecule is C[N+](C)(C)CC(CC(=O)O)OC(=O)C1CC1C(=O)c1ccc(Cl)c(Cl)c1. The summed E-state index contributed by atoms with van der Waals surface area (Å²) in [5.74, 6) is -2.75. The number of carboxylic acids is 1. The number of ketones is 1. The van der Waals surface area contributed by atoms with E-state index in [1.165, 1.54) is 12.1 Å². The molecule has 1 aromatic rings. The highest BCUT2D eigenvalue weighted by atomic mass is 35.5. The van der Waals surface area contributed by atoms with Crippen LogP contribution in [0.2, 0.25) is 10.0 Å². The van der Waals surface area contributed by atoms with Crippen LogP contribution in [0.25, 0.3) is 0 Å². The first-order valence-electron chi connectivity index (χ1n) is 8.20. The van der Waals surface area contributed by atoms with Crippen LogP contribution in [-0.2, 0) is 14.3 Å². The van der Waals surface area contributed by atoms with Gasteiger partial charge in [-0.2, -0.15) is 0 Å². The Bertz CT molecular complexity index is 729. The fourth-order valence-electron chi connectivity index (χ4n) is 2.81. The number of esters is 1. The molecule has 3 atom stereocenters. The predicted molar refractivity (Wildman–Crippen MR) is 97.4 cm³/mol. The maximum Gasteiger partial charge on any atom is 0.310 e. The van der Waals surface area contributed by atoms with Gasteiger partial charge in [-0.25, -0.2) is 0 Å². The zero-order valence-corrected chi connectivity index (χ0v) is 16.4. The Labute approximate surface area is 162 Å². The molecular weight excluding hydrogens is 381 g/mol. The van der Waals surface area contributed by atoms with E-state index in [0.29, 0.717) is 28.0 Å². The molecule has 0 bridgehead atoms. The van der Waals surface area contributed by atoms with Crippen LogP contribution in [0.15, 0.2) is 18.2 Å². The van der Waals surface area contributed by atoms with Gasteiger partial charge in [-0.3, -0.25) is 14.4 Å². The minimum atomic E-state index is -1.03. The molecule has 0 saturated heterocycles. The van der Waals surface area contributed by atoms with E-state index in [2.05, 4.69) is 0 Å². The third-order valence-electron chi connectivity index (χ3n) is 4.07. The molecule has 0 spiro atoms. The van der Waals surface area contributed by atoms with E-state index >= 15 is 0 Å². The van der Waals surface area contributed by atoms with Gasteiger partial charge in [0.05, 0.1) is 43.5 Å². The minimum Gasteiger partial charge on any atom is -0.481 e. The zero-order valence-electron chi connectivity index (χ0n) is 14.9. The van der Waals surface area contributed by atoms with Gasteiger partial charge in [-0.15, -0.1) is 0 Å². The monoisotopic (exact) mass is 402 g/mol. The van der Waals surface area contributed by atoms with Crippen molar-refractivity contribution in [1.82, 2.24) is 0 Å². The summed E-state index contributed by atoms with van der Waals surface area (Å²) in [6.07, 6.45) is -0.608. The molecule has 1 aliphatic rings. The van der Waals surface area contributed by atoms with Crippen LogP contribution in [0.1, 0.15) is 23.2 Å². The fraction of sp³-hybridized carbons (Fsp3) is 0.500. The molecule has 1 aliphatic carbocycles. The highest BCUT2D eigenvalue weighted by Crippen LogP contribution is 2.42. The number of nitrogens with zero attached hydrogens (tertiary/aromatic N) is 1. The average molecular weight is 403 g/mol. The molecule has 0 radical (unpaired) electrons. The smallest absolute Gasteiger partial charge is 0.310 e. The Hall–Kier alpha value is -1.63. The molecule has 0 aromatic heterocycles. The second-order valence-electron chi connectivity index (χ2n) is 7.57. The summed E-state index contributed by atoms with van der Waals surface area (Å²) in [5, 5.41) is 9.64. The van der Waals surface area contributed by atoms with E-state index in [0.717, 1.165) is 0 Å². The molecular formula is C18H22Cl2NO5+. The second kappa shape index (κ2) is 7.94. The lowest BCUT2D eigenvalue weighted by atomic mass is 10.1. The number of rotatable bonds is 8. The summed E-state index contributed by atoms with van der Waals surface area (Å²) in [7, 11) is 5.66. The molecule has 0 heterocycles. The van der Waals surface area contributed by atoms with Crippen molar-refractivity contribution in [3.63, 3.8) is 0 Å². The number of Topliss-reactive ketones (excluding diaryl/α,β-unsaturated/α-hetero) is 1. The Morgan fingerprint density at radius 2 is 1.85 bits per heavy atom. The number of benzene rings is 1. The maximum absolute atomic E-state index is 12.5. The third-order valence-corrected chi connectivity index (χ3v) is 4.81. The van der Waals surface area contributed by atoms with E-state index in [1.807, 2.05) is 21.1 Å². The van der Waals surface area contributed by atoms with Crippen LogP contribution in [0, 0.1) is 11.8 Å². The summed E-state index contributed by atoms with van der Waals surface area (Å²) in [6, 6.07) is 4.59. The van der Waals surface area contributed by atoms with Gasteiger partial charge in [0.1, 0.15) is 6.54 Å². The molecule has 1 saturated carbocycles. The van der Waals surface area contributed by atoms with Gasteiger partial charge < -0.3 is 14.3 Å². The molecule has 0 aliphatic heterocycles. The number of ether oxygens (including phenoxy) is 1. The van der Waals surface area contributed by atoms with Crippen LogP contribution in [0.4, 0.5) is 0 Å². The van der Waals surface area contributed by atoms with Crippen molar-refractivity contribution in [2.45, 2.75) is 18.9 Å². The van der Waals surface area contributed by atoms with Crippen LogP contribution in [-0.4, -0.2) is 61.1 Å². The zero-order chi connectivity index (χ0) is 19.6. The van der Waals surface area contributed by atoms with Crippen LogP contribution < -0.4 is 0 Å². The molecule has 3 unspecified atom stereocenters. The van der Waals surface area contributed by atoms with Gasteiger partial charge in [0.2, 0.25) is 0 Å². The molecule has 0 amide bonds. The summed E-state index contributed by atoms with van der Waals surface area (Å²) in [6.45, 7) is 0.371. The van der Waals surface area contributed by atoms with Crippen molar-refractivity contribution < 1.29 is 28.7 Å². The third kappa shape index (κ3) is 5.69. The Morgan fingerprint density at radius 3 is 2.38 bits per heavy atom. The molecule has 2 rings (SSSR count). The average Bonchev–Trinajstić information content (AvgIpc) is 3.27. The normalized spacial score (nSPS) is 20.3. The number of aliphatic carboxylic acids is 1. The molecule has 6 nitrogen and oxygen atoms in total. The van der Waals surface area contributed by atoms with E-state index in [9.17, 15) is 14.4 Å². The summed E-state index contributed by atoms with van der Waals surface area (Å²) in [5.41, 5.74) is 0.396. The van der Waals surface area contributed by atoms with Crippen LogP contribution >= 0.6 is 23.2 Å². The van der Waals surface area contributed by atoms with Crippen molar-refractivity contribution in [2.75, 3.05) is 27.7 Å². The van der Waals surface area contributed by atoms with Crippen molar-refractivity contribution >= 4 is 40.9 Å². The number of quaternary nitrogens is 1. The fourth-order valence-corrected chi connectivity index (χ4v) is 3.11. The first kappa shape index (κ1) is 20.7. The van der Waals surface area contributed by atoms with Crippen molar-refractivity contribution in [2.24, 2.45) is 11.8 Å². The van der Waals surface area contributed by atoms with Gasteiger partial charge in [0.25, 0.3) is 0 Å². The number of carbonyl (C=O) groups is 3. The predicted octanol–water partition coefficient (Wildman–Crippen LogP) is 2.90. The van der Waals surface area contributed by atoms with E-state index in [1.54, 1.807) is 6.07 Å². The highest BCUT2D eigenvalue weighted by molar-refractivity contribution is 6.42. The Kier molecular flexibility index (Phi) is 6.32. The van der Waals surface area contributed by atoms with Gasteiger partial charge >= 0.3 is 11.9 Å². The van der Waals surface area contributed by atoms with Crippen LogP contribution in [0.5, 0.6) is 0 Å². The highest BCUT2D eigenvalue weighted by Gasteiger charge is 2.50. The van der Waals surface area contributed by atoms with Gasteiger partial charge in [0, 0.05) is 11.5 Å². The lowest BCUT2D eigenvalue weighted by molar-refractivity contribution is -0.873. The Morgan fingerprint density at radius 1 is 1.19 bits per heavy atom. The Balaban J connectivity index is 1.99. The van der Waals surface area contributed by atoms with Crippen LogP contribution in [0.3, 0.4) is 0 Å². The first-order chi connectivity index (χ1) is 12.0. The van der Waals surface area contributed by atoms with Gasteiger partial charge in [-0.1, -0.05) is 23.2 Å². The lowest BCUT2D eigenvalue weighted by Crippen LogP contribution is -2.44. The topological polar surface area (TPSA) is 80.7 Å². The quantitative estimate of drug-likeness (QED) is 0.410. The number of carbonyl (C=O) groups excluding carboxylic acids is 2. The number of likely N-dealkylation sites (N-methyl/N-ethyl adjacent to an activating group) is 1. The number of halogens is 2. The van der Waals surface area contributed by atoms with E-state index in [4.69, 9.17) is 33.0 Å². The van der Waals surface area contributed by atoms with Gasteiger partial charge in [0.15, 0.2) is 11.9 Å². The van der Waals surface area contributed by atoms with Gasteiger partial charge in [-0.05, 0) is 24.6 Å². The minimum absolute atomic E-state index is 0.188. The standard InChI is InChI=1S/C18H21Cl2NO5/c1-21(2,3)9-11(7-16(22)23)26-18(25)13-8-12(13)17(24)10-4-5-14(19)15(20)6-10/h4-6,11-13H,7-9H2,1-3H3/p+1. The largest absolute Gasteiger partial charge is 0.481 e. The van der Waals surface area contributed by atoms with Crippen molar-refractivity contribution in [1.29, 1.82) is 0 Å².